The van der Waals surface area contributed by atoms with Crippen LogP contribution in [0.3, 0.4) is 0 Å². The van der Waals surface area contributed by atoms with E-state index in [1.165, 1.54) is 0 Å². The Kier molecular flexibility index (Phi) is 4.92. The molecule has 1 unspecified atom stereocenters. The van der Waals surface area contributed by atoms with Crippen molar-refractivity contribution in [2.45, 2.75) is 45.0 Å². The first kappa shape index (κ1) is 15.2. The van der Waals surface area contributed by atoms with Crippen molar-refractivity contribution >= 4 is 9.84 Å². The molecule has 104 valence electrons. The third-order valence-corrected chi connectivity index (χ3v) is 5.45. The van der Waals surface area contributed by atoms with Crippen molar-refractivity contribution < 1.29 is 8.42 Å². The highest BCUT2D eigenvalue weighted by Crippen LogP contribution is 2.15. The van der Waals surface area contributed by atoms with Gasteiger partial charge < -0.3 is 9.88 Å². The van der Waals surface area contributed by atoms with E-state index in [1.54, 1.807) is 33.3 Å². The van der Waals surface area contributed by atoms with Gasteiger partial charge in [0.1, 0.15) is 0 Å². The predicted octanol–water partition coefficient (Wildman–Crippen LogP) is 1.07. The minimum Gasteiger partial charge on any atom is -0.336 e. The fourth-order valence-electron chi connectivity index (χ4n) is 1.52. The van der Waals surface area contributed by atoms with E-state index in [0.29, 0.717) is 6.54 Å². The zero-order valence-corrected chi connectivity index (χ0v) is 12.4. The molecule has 0 saturated heterocycles. The fraction of sp³-hybridized carbons (Fsp3) is 0.750. The van der Waals surface area contributed by atoms with Crippen LogP contribution >= 0.6 is 0 Å². The van der Waals surface area contributed by atoms with Crippen LogP contribution in [0.4, 0.5) is 0 Å². The number of aromatic nitrogens is 2. The summed E-state index contributed by atoms with van der Waals surface area (Å²) in [6.07, 6.45) is 5.38. The van der Waals surface area contributed by atoms with Crippen molar-refractivity contribution in [2.24, 2.45) is 0 Å². The molecule has 18 heavy (non-hydrogen) atoms. The molecule has 0 amide bonds. The maximum Gasteiger partial charge on any atom is 0.156 e. The summed E-state index contributed by atoms with van der Waals surface area (Å²) < 4.78 is 25.1. The smallest absolute Gasteiger partial charge is 0.156 e. The molecule has 6 heteroatoms. The van der Waals surface area contributed by atoms with E-state index in [1.807, 2.05) is 17.7 Å². The number of imidazole rings is 1. The minimum absolute atomic E-state index is 0.171. The molecule has 1 heterocycles. The average molecular weight is 273 g/mol. The first-order valence-corrected chi connectivity index (χ1v) is 7.79. The summed E-state index contributed by atoms with van der Waals surface area (Å²) in [5.41, 5.74) is 0. The van der Waals surface area contributed by atoms with Crippen molar-refractivity contribution in [1.29, 1.82) is 0 Å². The Morgan fingerprint density at radius 3 is 2.56 bits per heavy atom. The lowest BCUT2D eigenvalue weighted by Gasteiger charge is -2.20. The number of nitrogens with one attached hydrogen (secondary N) is 1. The molecule has 0 aromatic carbocycles. The van der Waals surface area contributed by atoms with Gasteiger partial charge in [0.2, 0.25) is 0 Å². The van der Waals surface area contributed by atoms with Crippen LogP contribution in [0.1, 0.15) is 27.7 Å². The summed E-state index contributed by atoms with van der Waals surface area (Å²) in [5, 5.41) is 3.22. The molecule has 1 aromatic rings. The maximum absolute atomic E-state index is 11.9. The molecular weight excluding hydrogens is 250 g/mol. The number of sulfone groups is 1. The first-order valence-electron chi connectivity index (χ1n) is 6.14. The Balaban J connectivity index is 2.34. The Morgan fingerprint density at radius 2 is 2.06 bits per heavy atom. The monoisotopic (exact) mass is 273 g/mol. The Bertz CT molecular complexity index is 446. The van der Waals surface area contributed by atoms with Crippen LogP contribution in [0.2, 0.25) is 0 Å². The third kappa shape index (κ3) is 4.42. The Morgan fingerprint density at radius 1 is 1.39 bits per heavy atom. The van der Waals surface area contributed by atoms with Crippen LogP contribution < -0.4 is 5.32 Å². The van der Waals surface area contributed by atoms with E-state index >= 15 is 0 Å². The second-order valence-corrected chi connectivity index (χ2v) is 8.41. The van der Waals surface area contributed by atoms with Gasteiger partial charge >= 0.3 is 0 Å². The quantitative estimate of drug-likeness (QED) is 0.842. The summed E-state index contributed by atoms with van der Waals surface area (Å²) in [6, 6.07) is 0.217. The largest absolute Gasteiger partial charge is 0.336 e. The lowest BCUT2D eigenvalue weighted by molar-refractivity contribution is 0.485. The minimum atomic E-state index is -3.04. The van der Waals surface area contributed by atoms with E-state index in [4.69, 9.17) is 0 Å². The molecule has 0 fully saturated rings. The van der Waals surface area contributed by atoms with Crippen molar-refractivity contribution in [2.75, 3.05) is 12.3 Å². The molecule has 0 aliphatic rings. The van der Waals surface area contributed by atoms with Gasteiger partial charge in [-0.1, -0.05) is 0 Å². The normalized spacial score (nSPS) is 14.7. The lowest BCUT2D eigenvalue weighted by Crippen LogP contribution is -2.38. The van der Waals surface area contributed by atoms with Gasteiger partial charge in [-0.15, -0.1) is 0 Å². The molecule has 0 saturated carbocycles. The predicted molar refractivity (Wildman–Crippen MR) is 73.2 cm³/mol. The van der Waals surface area contributed by atoms with Crippen molar-refractivity contribution in [3.05, 3.63) is 18.7 Å². The van der Waals surface area contributed by atoms with E-state index in [-0.39, 0.29) is 11.8 Å². The van der Waals surface area contributed by atoms with Gasteiger partial charge in [-0.2, -0.15) is 0 Å². The van der Waals surface area contributed by atoms with Gasteiger partial charge in [-0.05, 0) is 27.7 Å². The Hall–Kier alpha value is -0.880. The number of nitrogens with zero attached hydrogens (tertiary/aromatic N) is 2. The second kappa shape index (κ2) is 5.84. The molecule has 5 nitrogen and oxygen atoms in total. The maximum atomic E-state index is 11.9. The molecule has 0 bridgehead atoms. The second-order valence-electron chi connectivity index (χ2n) is 5.55. The number of hydrogen-bond donors (Lipinski definition) is 1. The molecule has 1 rings (SSSR count). The van der Waals surface area contributed by atoms with Crippen LogP contribution in [0.5, 0.6) is 0 Å². The highest BCUT2D eigenvalue weighted by Gasteiger charge is 2.28. The topological polar surface area (TPSA) is 64.0 Å². The molecular formula is C12H23N3O2S. The van der Waals surface area contributed by atoms with Gasteiger partial charge in [-0.25, -0.2) is 13.4 Å². The van der Waals surface area contributed by atoms with E-state index in [2.05, 4.69) is 10.3 Å². The molecule has 0 aliphatic carbocycles. The zero-order chi connectivity index (χ0) is 13.8. The average Bonchev–Trinajstić information content (AvgIpc) is 2.68. The number of hydrogen-bond acceptors (Lipinski definition) is 4. The van der Waals surface area contributed by atoms with Crippen molar-refractivity contribution in [1.82, 2.24) is 14.9 Å². The third-order valence-electron chi connectivity index (χ3n) is 2.84. The van der Waals surface area contributed by atoms with Gasteiger partial charge in [0.25, 0.3) is 0 Å². The van der Waals surface area contributed by atoms with E-state index < -0.39 is 14.6 Å². The van der Waals surface area contributed by atoms with Crippen LogP contribution in [0.25, 0.3) is 0 Å². The Labute approximate surface area is 110 Å². The lowest BCUT2D eigenvalue weighted by atomic mass is 10.3. The van der Waals surface area contributed by atoms with E-state index in [0.717, 1.165) is 6.54 Å². The SMILES string of the molecule is CC(Cn1ccnc1)NCCS(=O)(=O)C(C)(C)C. The summed E-state index contributed by atoms with van der Waals surface area (Å²) in [7, 11) is -3.04. The molecule has 0 spiro atoms. The molecule has 1 N–H and O–H groups in total. The standard InChI is InChI=1S/C12H23N3O2S/c1-11(9-15-7-5-13-10-15)14-6-8-18(16,17)12(2,3)4/h5,7,10-11,14H,6,8-9H2,1-4H3. The van der Waals surface area contributed by atoms with Crippen LogP contribution in [-0.4, -0.2) is 41.1 Å². The zero-order valence-electron chi connectivity index (χ0n) is 11.5. The summed E-state index contributed by atoms with van der Waals surface area (Å²) in [5.74, 6) is 0.171. The summed E-state index contributed by atoms with van der Waals surface area (Å²) in [4.78, 5) is 3.97. The van der Waals surface area contributed by atoms with Gasteiger partial charge in [0.05, 0.1) is 16.8 Å². The van der Waals surface area contributed by atoms with Gasteiger partial charge in [-0.3, -0.25) is 0 Å². The number of rotatable bonds is 6. The van der Waals surface area contributed by atoms with Gasteiger partial charge in [0, 0.05) is 31.5 Å². The first-order chi connectivity index (χ1) is 8.22. The molecule has 1 aromatic heterocycles. The summed E-state index contributed by atoms with van der Waals surface area (Å²) in [6.45, 7) is 8.50. The molecule has 1 atom stereocenters. The van der Waals surface area contributed by atoms with Crippen LogP contribution in [0.15, 0.2) is 18.7 Å². The highest BCUT2D eigenvalue weighted by atomic mass is 32.2. The van der Waals surface area contributed by atoms with Crippen LogP contribution in [-0.2, 0) is 16.4 Å². The van der Waals surface area contributed by atoms with Crippen LogP contribution in [0, 0.1) is 0 Å². The fourth-order valence-corrected chi connectivity index (χ4v) is 2.52. The molecule has 0 aliphatic heterocycles. The van der Waals surface area contributed by atoms with Crippen molar-refractivity contribution in [3.8, 4) is 0 Å². The van der Waals surface area contributed by atoms with E-state index in [9.17, 15) is 8.42 Å². The highest BCUT2D eigenvalue weighted by molar-refractivity contribution is 7.92. The molecule has 0 radical (unpaired) electrons. The summed E-state index contributed by atoms with van der Waals surface area (Å²) >= 11 is 0. The van der Waals surface area contributed by atoms with Gasteiger partial charge in [0.15, 0.2) is 9.84 Å². The van der Waals surface area contributed by atoms with Crippen molar-refractivity contribution in [3.63, 3.8) is 0 Å².